The van der Waals surface area contributed by atoms with Crippen molar-refractivity contribution in [3.63, 3.8) is 0 Å². The van der Waals surface area contributed by atoms with E-state index < -0.39 is 11.8 Å². The molecule has 0 unspecified atom stereocenters. The fourth-order valence-corrected chi connectivity index (χ4v) is 1.85. The van der Waals surface area contributed by atoms with Crippen molar-refractivity contribution in [3.8, 4) is 24.8 Å². The van der Waals surface area contributed by atoms with Crippen LogP contribution in [0.1, 0.15) is 12.8 Å². The van der Waals surface area contributed by atoms with E-state index in [0.29, 0.717) is 0 Å². The van der Waals surface area contributed by atoms with Gasteiger partial charge in [0, 0.05) is 0 Å². The molecule has 0 amide bonds. The first kappa shape index (κ1) is 16.9. The summed E-state index contributed by atoms with van der Waals surface area (Å²) in [6.45, 7) is 3.21. The number of hydrogen-bond donors (Lipinski definition) is 2. The molecule has 7 nitrogen and oxygen atoms in total. The van der Waals surface area contributed by atoms with Crippen molar-refractivity contribution in [2.45, 2.75) is 12.8 Å². The second-order valence-electron chi connectivity index (χ2n) is 3.71. The maximum Gasteiger partial charge on any atom is -0.00458 e. The maximum absolute atomic E-state index is 8.35. The molecule has 0 atom stereocenters. The summed E-state index contributed by atoms with van der Waals surface area (Å²) in [4.78, 5) is 6.12. The van der Waals surface area contributed by atoms with E-state index >= 15 is 0 Å². The Morgan fingerprint density at radius 1 is 0.895 bits per heavy atom. The zero-order chi connectivity index (χ0) is 14.8. The topological polar surface area (TPSA) is 157 Å². The van der Waals surface area contributed by atoms with E-state index in [2.05, 4.69) is 5.32 Å². The normalized spacial score (nSPS) is 16.5. The van der Waals surface area contributed by atoms with Crippen LogP contribution in [0.25, 0.3) is 0 Å². The summed E-state index contributed by atoms with van der Waals surface area (Å²) in [6, 6.07) is 0. The molecule has 19 heavy (non-hydrogen) atoms. The van der Waals surface area contributed by atoms with Crippen molar-refractivity contribution in [1.82, 2.24) is 5.32 Å². The van der Waals surface area contributed by atoms with Crippen LogP contribution in [-0.4, -0.2) is 19.6 Å². The summed E-state index contributed by atoms with van der Waals surface area (Å²) in [6.07, 6.45) is 2.55. The third-order valence-electron chi connectivity index (χ3n) is 2.58. The molecule has 0 aliphatic carbocycles. The quantitative estimate of drug-likeness (QED) is 0.646. The molecule has 0 radical (unpaired) electrons. The van der Waals surface area contributed by atoms with Crippen LogP contribution in [0.3, 0.4) is 0 Å². The molecule has 101 valence electrons. The average molecular weight is 300 g/mol. The molecule has 1 aliphatic rings. The van der Waals surface area contributed by atoms with Crippen LogP contribution < -0.4 is 11.1 Å². The van der Waals surface area contributed by atoms with Crippen molar-refractivity contribution in [2.75, 3.05) is 19.6 Å². The molecule has 0 bridgehead atoms. The van der Waals surface area contributed by atoms with Gasteiger partial charge in [-0.1, -0.05) is 0 Å². The van der Waals surface area contributed by atoms with E-state index in [-0.39, 0.29) is 0 Å². The van der Waals surface area contributed by atoms with Gasteiger partial charge in [-0.3, -0.25) is 0 Å². The Morgan fingerprint density at radius 3 is 1.42 bits per heavy atom. The van der Waals surface area contributed by atoms with Crippen molar-refractivity contribution in [1.29, 1.82) is 26.3 Å². The van der Waals surface area contributed by atoms with Crippen molar-refractivity contribution >= 4 is 0 Å². The predicted octanol–water partition coefficient (Wildman–Crippen LogP) is 0.0261. The molecule has 0 spiro atoms. The minimum Gasteiger partial charge on any atom is -0.330 e. The Balaban J connectivity index is 0.000000356. The molecule has 0 aromatic rings. The van der Waals surface area contributed by atoms with Crippen LogP contribution in [0, 0.1) is 57.1 Å². The zero-order valence-corrected chi connectivity index (χ0v) is 11.4. The van der Waals surface area contributed by atoms with Gasteiger partial charge in [0.2, 0.25) is 0 Å². The second kappa shape index (κ2) is 7.35. The van der Waals surface area contributed by atoms with Gasteiger partial charge in [-0.2, -0.15) is 0 Å². The number of nitrogens with one attached hydrogen (secondary N) is 1. The van der Waals surface area contributed by atoms with E-state index in [1.54, 1.807) is 0 Å². The minimum atomic E-state index is -4.78. The Bertz CT molecular complexity index is 417. The third-order valence-corrected chi connectivity index (χ3v) is 5.05. The summed E-state index contributed by atoms with van der Waals surface area (Å²) in [5, 5.41) is 45.0. The maximum atomic E-state index is 8.35. The van der Waals surface area contributed by atoms with Crippen molar-refractivity contribution in [3.05, 3.63) is 0 Å². The number of nitriles is 5. The SMILES string of the molecule is N#[C][Fe]([C]#N)([C]#N)([C]#N)[C]#N.NCC1CCNCC1. The first-order valence-electron chi connectivity index (χ1n) is 5.34. The predicted molar refractivity (Wildman–Crippen MR) is 62.7 cm³/mol. The molecule has 3 N–H and O–H groups in total. The molecule has 1 aliphatic heterocycles. The van der Waals surface area contributed by atoms with Crippen molar-refractivity contribution < 1.29 is 11.8 Å². The largest absolute Gasteiger partial charge is 0.330 e. The number of nitrogens with zero attached hydrogens (tertiary/aromatic N) is 5. The van der Waals surface area contributed by atoms with E-state index in [0.717, 1.165) is 12.5 Å². The Labute approximate surface area is 113 Å². The van der Waals surface area contributed by atoms with Gasteiger partial charge in [-0.05, 0) is 38.4 Å². The molecular formula is C11H14FeN7. The van der Waals surface area contributed by atoms with E-state index in [4.69, 9.17) is 32.0 Å². The average Bonchev–Trinajstić information content (AvgIpc) is 2.53. The Hall–Kier alpha value is -2.11. The minimum absolute atomic E-state index is 0.802. The number of piperidine rings is 1. The number of nitrogens with two attached hydrogens (primary N) is 1. The molecule has 8 heteroatoms. The summed E-state index contributed by atoms with van der Waals surface area (Å²) >= 11 is -4.78. The Kier molecular flexibility index (Phi) is 6.54. The first-order chi connectivity index (χ1) is 9.05. The first-order valence-corrected chi connectivity index (χ1v) is 8.10. The van der Waals surface area contributed by atoms with Crippen LogP contribution in [-0.2, 0) is 11.8 Å². The van der Waals surface area contributed by atoms with Gasteiger partial charge in [0.05, 0.1) is 0 Å². The van der Waals surface area contributed by atoms with Gasteiger partial charge in [0.15, 0.2) is 0 Å². The van der Waals surface area contributed by atoms with Crippen LogP contribution in [0.5, 0.6) is 0 Å². The van der Waals surface area contributed by atoms with E-state index in [9.17, 15) is 0 Å². The van der Waals surface area contributed by atoms with Gasteiger partial charge in [-0.25, -0.2) is 0 Å². The zero-order valence-electron chi connectivity index (χ0n) is 10.3. The smallest absolute Gasteiger partial charge is 0.00458 e. The molecule has 0 aromatic heterocycles. The van der Waals surface area contributed by atoms with Crippen molar-refractivity contribution in [2.24, 2.45) is 11.7 Å². The van der Waals surface area contributed by atoms with Gasteiger partial charge in [0.1, 0.15) is 0 Å². The fourth-order valence-electron chi connectivity index (χ4n) is 1.29. The molecule has 1 rings (SSSR count). The monoisotopic (exact) mass is 300 g/mol. The molecular weight excluding hydrogens is 286 g/mol. The van der Waals surface area contributed by atoms with Crippen LogP contribution in [0.4, 0.5) is 0 Å². The molecule has 0 aromatic carbocycles. The summed E-state index contributed by atoms with van der Waals surface area (Å²) < 4.78 is 0. The van der Waals surface area contributed by atoms with Gasteiger partial charge in [0.25, 0.3) is 0 Å². The standard InChI is InChI=1S/C6H14N2.5CN.Fe/c7-5-6-1-3-8-4-2-6;5*1-2;/h6,8H,1-5,7H2;;;;;;. The van der Waals surface area contributed by atoms with Crippen LogP contribution in [0.15, 0.2) is 0 Å². The molecule has 1 saturated heterocycles. The van der Waals surface area contributed by atoms with Crippen LogP contribution >= 0.6 is 0 Å². The third kappa shape index (κ3) is 3.94. The summed E-state index contributed by atoms with van der Waals surface area (Å²) in [7, 11) is 0. The Morgan fingerprint density at radius 2 is 1.26 bits per heavy atom. The fraction of sp³-hybridized carbons (Fsp3) is 0.545. The number of hydrogen-bond acceptors (Lipinski definition) is 7. The molecule has 0 saturated carbocycles. The second-order valence-corrected chi connectivity index (χ2v) is 7.70. The molecule has 1 heterocycles. The van der Waals surface area contributed by atoms with Gasteiger partial charge in [-0.15, -0.1) is 0 Å². The summed E-state index contributed by atoms with van der Waals surface area (Å²) in [5.41, 5.74) is 5.48. The van der Waals surface area contributed by atoms with E-state index in [1.807, 2.05) is 0 Å². The van der Waals surface area contributed by atoms with E-state index in [1.165, 1.54) is 50.8 Å². The van der Waals surface area contributed by atoms with Gasteiger partial charge < -0.3 is 11.1 Å². The van der Waals surface area contributed by atoms with Gasteiger partial charge >= 0.3 is 62.9 Å². The number of rotatable bonds is 1. The molecule has 1 fully saturated rings. The van der Waals surface area contributed by atoms with Crippen LogP contribution in [0.2, 0.25) is 0 Å². The summed E-state index contributed by atoms with van der Waals surface area (Å²) in [5.74, 6) is 0.802.